The van der Waals surface area contributed by atoms with E-state index in [1.54, 1.807) is 12.1 Å². The van der Waals surface area contributed by atoms with Crippen LogP contribution in [0.3, 0.4) is 0 Å². The van der Waals surface area contributed by atoms with Crippen LogP contribution in [0, 0.1) is 0 Å². The first-order valence-electron chi connectivity index (χ1n) is 17.6. The van der Waals surface area contributed by atoms with Crippen molar-refractivity contribution in [2.24, 2.45) is 11.5 Å². The van der Waals surface area contributed by atoms with Gasteiger partial charge in [-0.15, -0.1) is 0 Å². The van der Waals surface area contributed by atoms with Gasteiger partial charge in [0.15, 0.2) is 24.4 Å². The van der Waals surface area contributed by atoms with Gasteiger partial charge in [0.25, 0.3) is 11.8 Å². The SMILES string of the molecule is NCCCCCNC(=O)C(Cc1ccc(O)cc1)NC(=O)C1OC1C(=O)O.NCCCCCNC(=O)C(Cc1ccccc1)NC(=O)C1OC1C(=O)O. The molecule has 2 saturated heterocycles. The van der Waals surface area contributed by atoms with Crippen molar-refractivity contribution in [1.82, 2.24) is 21.3 Å². The van der Waals surface area contributed by atoms with Crippen molar-refractivity contribution in [1.29, 1.82) is 0 Å². The number of carboxylic acid groups (broad SMARTS) is 2. The number of phenols is 1. The van der Waals surface area contributed by atoms with Crippen LogP contribution in [0.4, 0.5) is 0 Å². The molecule has 0 bridgehead atoms. The summed E-state index contributed by atoms with van der Waals surface area (Å²) < 4.78 is 9.67. The number of rotatable bonds is 22. The minimum atomic E-state index is -1.21. The maximum Gasteiger partial charge on any atom is 0.336 e. The zero-order chi connectivity index (χ0) is 38.8. The molecule has 6 unspecified atom stereocenters. The number of nitrogens with two attached hydrogens (primary N) is 2. The van der Waals surface area contributed by atoms with Gasteiger partial charge in [0.2, 0.25) is 11.8 Å². The predicted molar refractivity (Wildman–Crippen MR) is 190 cm³/mol. The number of unbranched alkanes of at least 4 members (excludes halogenated alkanes) is 4. The minimum absolute atomic E-state index is 0.0966. The fourth-order valence-electron chi connectivity index (χ4n) is 5.20. The van der Waals surface area contributed by atoms with Gasteiger partial charge < -0.3 is 57.5 Å². The predicted octanol–water partition coefficient (Wildman–Crippen LogP) is -0.672. The summed E-state index contributed by atoms with van der Waals surface area (Å²) >= 11 is 0. The highest BCUT2D eigenvalue weighted by atomic mass is 16.6. The molecule has 2 aromatic rings. The molecular weight excluding hydrogens is 692 g/mol. The monoisotopic (exact) mass is 742 g/mol. The summed E-state index contributed by atoms with van der Waals surface area (Å²) in [7, 11) is 0. The van der Waals surface area contributed by atoms with Gasteiger partial charge >= 0.3 is 11.9 Å². The second-order valence-corrected chi connectivity index (χ2v) is 12.6. The molecule has 0 spiro atoms. The van der Waals surface area contributed by atoms with Crippen molar-refractivity contribution in [3.8, 4) is 5.75 Å². The van der Waals surface area contributed by atoms with Gasteiger partial charge in [0, 0.05) is 25.9 Å². The number of aromatic hydroxyl groups is 1. The second-order valence-electron chi connectivity index (χ2n) is 12.6. The number of carbonyl (C=O) groups is 6. The molecule has 4 rings (SSSR count). The maximum atomic E-state index is 12.5. The summed E-state index contributed by atoms with van der Waals surface area (Å²) in [6.45, 7) is 2.17. The molecule has 0 saturated carbocycles. The normalized spacial score (nSPS) is 19.3. The van der Waals surface area contributed by atoms with Gasteiger partial charge in [-0.3, -0.25) is 19.2 Å². The van der Waals surface area contributed by atoms with E-state index in [1.807, 2.05) is 30.3 Å². The van der Waals surface area contributed by atoms with E-state index in [0.717, 1.165) is 49.7 Å². The summed E-state index contributed by atoms with van der Waals surface area (Å²) in [6.07, 6.45) is 1.25. The Hall–Kier alpha value is -5.10. The minimum Gasteiger partial charge on any atom is -0.508 e. The average Bonchev–Trinajstić information content (AvgIpc) is 4.07. The van der Waals surface area contributed by atoms with Crippen molar-refractivity contribution >= 4 is 35.6 Å². The molecule has 290 valence electrons. The van der Waals surface area contributed by atoms with E-state index < -0.39 is 60.3 Å². The van der Waals surface area contributed by atoms with Crippen LogP contribution in [-0.2, 0) is 51.1 Å². The number of nitrogens with one attached hydrogen (secondary N) is 4. The fourth-order valence-corrected chi connectivity index (χ4v) is 5.20. The van der Waals surface area contributed by atoms with Crippen molar-refractivity contribution < 1.29 is 53.6 Å². The van der Waals surface area contributed by atoms with Gasteiger partial charge in [0.1, 0.15) is 17.8 Å². The van der Waals surface area contributed by atoms with Crippen LogP contribution in [0.2, 0.25) is 0 Å². The number of carboxylic acids is 2. The fraction of sp³-hybridized carbons (Fsp3) is 0.500. The Morgan fingerprint density at radius 3 is 1.38 bits per heavy atom. The van der Waals surface area contributed by atoms with Crippen molar-refractivity contribution in [3.05, 3.63) is 65.7 Å². The van der Waals surface area contributed by atoms with E-state index in [9.17, 15) is 33.9 Å². The van der Waals surface area contributed by atoms with Crippen LogP contribution in [0.25, 0.3) is 0 Å². The largest absolute Gasteiger partial charge is 0.508 e. The zero-order valence-electron chi connectivity index (χ0n) is 29.4. The summed E-state index contributed by atoms with van der Waals surface area (Å²) in [5.41, 5.74) is 12.5. The number of ether oxygens (including phenoxy) is 2. The van der Waals surface area contributed by atoms with Crippen LogP contribution < -0.4 is 32.7 Å². The lowest BCUT2D eigenvalue weighted by atomic mass is 10.0. The third-order valence-corrected chi connectivity index (χ3v) is 8.27. The first-order chi connectivity index (χ1) is 25.4. The molecule has 2 heterocycles. The summed E-state index contributed by atoms with van der Waals surface area (Å²) in [5.74, 6) is -4.19. The summed E-state index contributed by atoms with van der Waals surface area (Å²) in [5, 5.41) is 37.8. The van der Waals surface area contributed by atoms with E-state index in [1.165, 1.54) is 12.1 Å². The quantitative estimate of drug-likeness (QED) is 0.0535. The van der Waals surface area contributed by atoms with E-state index in [-0.39, 0.29) is 24.0 Å². The first kappa shape index (κ1) is 42.3. The topological polar surface area (TPSA) is 288 Å². The van der Waals surface area contributed by atoms with Crippen LogP contribution in [0.5, 0.6) is 5.75 Å². The van der Waals surface area contributed by atoms with Crippen molar-refractivity contribution in [2.45, 2.75) is 87.9 Å². The number of carbonyl (C=O) groups excluding carboxylic acids is 4. The highest BCUT2D eigenvalue weighted by Crippen LogP contribution is 2.23. The number of hydrogen-bond acceptors (Lipinski definition) is 11. The zero-order valence-corrected chi connectivity index (χ0v) is 29.4. The standard InChI is InChI=1S/C18H25N3O6.C18H25N3O5/c19-8-2-1-3-9-20-16(23)13(10-11-4-6-12(22)7-5-11)21-17(24)14-15(27-14)18(25)26;19-9-5-2-6-10-20-16(22)13(11-12-7-3-1-4-8-12)21-17(23)14-15(26-14)18(24)25/h4-7,13-15,22H,1-3,8-10,19H2,(H,20,23)(H,21,24)(H,25,26);1,3-4,7-8,13-15H,2,5-6,9-11,19H2,(H,20,22)(H,21,23)(H,24,25). The molecule has 2 aliphatic heterocycles. The highest BCUT2D eigenvalue weighted by Gasteiger charge is 2.52. The van der Waals surface area contributed by atoms with Crippen LogP contribution in [-0.4, -0.2) is 114 Å². The van der Waals surface area contributed by atoms with Gasteiger partial charge in [-0.25, -0.2) is 9.59 Å². The highest BCUT2D eigenvalue weighted by molar-refractivity contribution is 5.96. The Morgan fingerprint density at radius 1 is 0.585 bits per heavy atom. The lowest BCUT2D eigenvalue weighted by molar-refractivity contribution is -0.139. The molecule has 2 fully saturated rings. The van der Waals surface area contributed by atoms with Gasteiger partial charge in [-0.2, -0.15) is 0 Å². The molecule has 17 heteroatoms. The lowest BCUT2D eigenvalue weighted by Gasteiger charge is -2.18. The Morgan fingerprint density at radius 2 is 1.00 bits per heavy atom. The summed E-state index contributed by atoms with van der Waals surface area (Å²) in [4.78, 5) is 70.9. The maximum absolute atomic E-state index is 12.5. The molecule has 53 heavy (non-hydrogen) atoms. The van der Waals surface area contributed by atoms with Crippen molar-refractivity contribution in [2.75, 3.05) is 26.2 Å². The van der Waals surface area contributed by atoms with Crippen LogP contribution in [0.1, 0.15) is 49.7 Å². The third-order valence-electron chi connectivity index (χ3n) is 8.27. The molecule has 4 amide bonds. The van der Waals surface area contributed by atoms with Gasteiger partial charge in [-0.1, -0.05) is 55.3 Å². The average molecular weight is 743 g/mol. The molecule has 2 aromatic carbocycles. The summed E-state index contributed by atoms with van der Waals surface area (Å²) in [6, 6.07) is 13.9. The third kappa shape index (κ3) is 15.2. The number of benzene rings is 2. The first-order valence-corrected chi connectivity index (χ1v) is 17.6. The Labute approximate surface area is 307 Å². The molecule has 0 radical (unpaired) electrons. The van der Waals surface area contributed by atoms with Crippen LogP contribution in [0.15, 0.2) is 54.6 Å². The molecule has 0 aromatic heterocycles. The van der Waals surface area contributed by atoms with Gasteiger partial charge in [0.05, 0.1) is 0 Å². The van der Waals surface area contributed by atoms with Gasteiger partial charge in [-0.05, 0) is 62.0 Å². The molecule has 0 aliphatic carbocycles. The Kier molecular flexibility index (Phi) is 17.6. The van der Waals surface area contributed by atoms with E-state index >= 15 is 0 Å². The Bertz CT molecular complexity index is 1510. The number of phenolic OH excluding ortho intramolecular Hbond substituents is 1. The molecular formula is C36H50N6O11. The molecule has 11 N–H and O–H groups in total. The molecule has 6 atom stereocenters. The number of epoxide rings is 2. The van der Waals surface area contributed by atoms with E-state index in [2.05, 4.69) is 21.3 Å². The second kappa shape index (κ2) is 22.1. The number of amides is 4. The van der Waals surface area contributed by atoms with Crippen molar-refractivity contribution in [3.63, 3.8) is 0 Å². The van der Waals surface area contributed by atoms with E-state index in [0.29, 0.717) is 32.6 Å². The molecule has 17 nitrogen and oxygen atoms in total. The van der Waals surface area contributed by atoms with Crippen LogP contribution >= 0.6 is 0 Å². The molecule has 2 aliphatic rings. The Balaban J connectivity index is 0.000000286. The number of aliphatic carboxylic acids is 2. The smallest absolute Gasteiger partial charge is 0.336 e. The lowest BCUT2D eigenvalue weighted by Crippen LogP contribution is -2.49. The number of hydrogen-bond donors (Lipinski definition) is 9. The van der Waals surface area contributed by atoms with E-state index in [4.69, 9.17) is 31.2 Å².